The Balaban J connectivity index is 0.000000151. The van der Waals surface area contributed by atoms with E-state index in [4.69, 9.17) is 42.1 Å². The second-order valence-electron chi connectivity index (χ2n) is 36.6. The number of alkyl halides is 7. The Morgan fingerprint density at radius 2 is 0.797 bits per heavy atom. The van der Waals surface area contributed by atoms with Gasteiger partial charge in [0.25, 0.3) is 40.0 Å². The van der Waals surface area contributed by atoms with E-state index in [-0.39, 0.29) is 71.4 Å². The Kier molecular flexibility index (Phi) is 31.3. The molecule has 8 heterocycles. The highest BCUT2D eigenvalue weighted by Crippen LogP contribution is 2.46. The van der Waals surface area contributed by atoms with E-state index in [1.54, 1.807) is 113 Å². The summed E-state index contributed by atoms with van der Waals surface area (Å²) < 4.78 is 146. The van der Waals surface area contributed by atoms with Gasteiger partial charge in [-0.3, -0.25) is 43.6 Å². The number of aryl methyl sites for hydroxylation is 4. The predicted octanol–water partition coefficient (Wildman–Crippen LogP) is 21.5. The smallest absolute Gasteiger partial charge is 0.496 e. The van der Waals surface area contributed by atoms with Crippen molar-refractivity contribution in [2.24, 2.45) is 63.7 Å². The number of ether oxygens (including phenoxy) is 5. The Hall–Kier alpha value is -11.1. The first kappa shape index (κ1) is 99.4. The summed E-state index contributed by atoms with van der Waals surface area (Å²) in [6, 6.07) is 42.4. The first-order valence-corrected chi connectivity index (χ1v) is 45.8. The maximum Gasteiger partial charge on any atom is 0.573 e. The third-order valence-corrected chi connectivity index (χ3v) is 27.2. The molecule has 4 aliphatic rings. The summed E-state index contributed by atoms with van der Waals surface area (Å²) in [5, 5.41) is 5.79. The van der Waals surface area contributed by atoms with Crippen molar-refractivity contribution >= 4 is 72.2 Å². The van der Waals surface area contributed by atoms with Crippen molar-refractivity contribution in [1.29, 1.82) is 0 Å². The van der Waals surface area contributed by atoms with E-state index in [0.717, 1.165) is 137 Å². The number of carbonyl (C=O) groups is 1. The van der Waals surface area contributed by atoms with Gasteiger partial charge in [-0.05, 0) is 193 Å². The summed E-state index contributed by atoms with van der Waals surface area (Å²) in [5.41, 5.74) is 7.64. The van der Waals surface area contributed by atoms with Crippen molar-refractivity contribution in [2.45, 2.75) is 125 Å². The monoisotopic (exact) mass is 1870 g/mol. The number of benzene rings is 8. The molecule has 133 heavy (non-hydrogen) atoms. The lowest BCUT2D eigenvalue weighted by atomic mass is 9.83. The molecule has 0 bridgehead atoms. The van der Waals surface area contributed by atoms with Gasteiger partial charge in [0.15, 0.2) is 0 Å². The molecule has 4 aromatic heterocycles. The lowest BCUT2D eigenvalue weighted by molar-refractivity contribution is -0.275. The molecule has 4 saturated heterocycles. The molecule has 19 nitrogen and oxygen atoms in total. The van der Waals surface area contributed by atoms with E-state index in [9.17, 15) is 59.1 Å². The number of amides is 1. The summed E-state index contributed by atoms with van der Waals surface area (Å²) in [6.07, 6.45) is 4.62. The van der Waals surface area contributed by atoms with Crippen LogP contribution in [-0.2, 0) is 47.8 Å². The average Bonchev–Trinajstić information content (AvgIpc) is 0.775. The Morgan fingerprint density at radius 3 is 1.22 bits per heavy atom. The summed E-state index contributed by atoms with van der Waals surface area (Å²) in [7, 11) is 13.2. The number of likely N-dealkylation sites (tertiary alicyclic amines) is 3. The largest absolute Gasteiger partial charge is 0.573 e. The van der Waals surface area contributed by atoms with Crippen molar-refractivity contribution in [1.82, 2.24) is 42.8 Å². The summed E-state index contributed by atoms with van der Waals surface area (Å²) >= 11 is 13.4. The highest BCUT2D eigenvalue weighted by Gasteiger charge is 2.48. The molecule has 708 valence electrons. The molecule has 12 aromatic rings. The highest BCUT2D eigenvalue weighted by atomic mass is 35.5. The van der Waals surface area contributed by atoms with Crippen LogP contribution in [0.5, 0.6) is 28.7 Å². The van der Waals surface area contributed by atoms with Gasteiger partial charge in [-0.1, -0.05) is 138 Å². The van der Waals surface area contributed by atoms with Gasteiger partial charge in [-0.25, -0.2) is 22.0 Å². The molecule has 8 aromatic carbocycles. The van der Waals surface area contributed by atoms with E-state index in [1.807, 2.05) is 110 Å². The fourth-order valence-corrected chi connectivity index (χ4v) is 19.8. The Labute approximate surface area is 779 Å². The van der Waals surface area contributed by atoms with E-state index in [2.05, 4.69) is 54.4 Å². The number of piperazine rings is 1. The number of hydrogen-bond acceptors (Lipinski definition) is 14. The molecule has 0 aliphatic carbocycles. The molecular formula is C104H117Cl2F8N9O10. The van der Waals surface area contributed by atoms with Crippen molar-refractivity contribution < 1.29 is 63.6 Å². The van der Waals surface area contributed by atoms with Crippen LogP contribution in [0.4, 0.5) is 35.1 Å². The van der Waals surface area contributed by atoms with Crippen LogP contribution in [0, 0.1) is 41.3 Å². The number of nitrogens with zero attached hydrogens (tertiary/aromatic N) is 9. The minimum atomic E-state index is -5.00. The number of aromatic nitrogens is 4. The molecule has 0 radical (unpaired) electrons. The molecule has 0 spiro atoms. The van der Waals surface area contributed by atoms with Gasteiger partial charge < -0.3 is 46.9 Å². The number of fused-ring (bicyclic) bond motifs is 4. The maximum atomic E-state index is 14.7. The second-order valence-corrected chi connectivity index (χ2v) is 37.4. The van der Waals surface area contributed by atoms with Crippen molar-refractivity contribution in [3.05, 3.63) is 250 Å². The fraction of sp³-hybridized carbons (Fsp3) is 0.413. The lowest BCUT2D eigenvalue weighted by Crippen LogP contribution is -2.49. The number of halogens is 10. The number of carbonyl (C=O) groups excluding carboxylic acids is 1. The first-order valence-electron chi connectivity index (χ1n) is 45.0. The zero-order valence-electron chi connectivity index (χ0n) is 78.1. The Bertz CT molecular complexity index is 6490. The SMILES string of the molecule is CC(C)C1CCN(Cc2ccc(-c3cn(C)c(=O)c4cc(F)ccc34)cc2OC(F)(F)F)CC1(F)F.COc1cc(-c2cn(C)c(=O)c3ccccc23)cc(Cl)c1C(=O)N1CCC(C(C)C)CC1.COc1cc(-c2cn(C)c(=O)c3ccccc23)cc(Cl)c1CN1CCC(C(C)C)C(F)(F)C1.COc1cc(-c2cn(C)c(=O)c3ccccc23)cc(OC)c1CN1CCN(C(C)C)CC1. The van der Waals surface area contributed by atoms with Gasteiger partial charge in [-0.15, -0.1) is 13.2 Å². The molecule has 1 amide bonds. The molecular weight excluding hydrogens is 1760 g/mol. The second kappa shape index (κ2) is 41.8. The molecule has 16 rings (SSSR count). The zero-order chi connectivity index (χ0) is 96.1. The number of pyridine rings is 4. The number of rotatable bonds is 20. The number of hydrogen-bond donors (Lipinski definition) is 0. The number of piperidine rings is 3. The van der Waals surface area contributed by atoms with Crippen LogP contribution in [0.25, 0.3) is 87.6 Å². The van der Waals surface area contributed by atoms with Gasteiger partial charge in [-0.2, -0.15) is 0 Å². The summed E-state index contributed by atoms with van der Waals surface area (Å²) in [5.74, 6) is -4.70. The van der Waals surface area contributed by atoms with Crippen LogP contribution >= 0.6 is 23.2 Å². The van der Waals surface area contributed by atoms with E-state index in [0.29, 0.717) is 103 Å². The molecule has 2 atom stereocenters. The fourth-order valence-electron chi connectivity index (χ4n) is 19.2. The average molecular weight is 1880 g/mol. The third kappa shape index (κ3) is 22.3. The van der Waals surface area contributed by atoms with Gasteiger partial charge >= 0.3 is 6.36 Å². The van der Waals surface area contributed by atoms with Crippen LogP contribution < -0.4 is 45.9 Å². The van der Waals surface area contributed by atoms with Crippen LogP contribution in [0.15, 0.2) is 190 Å². The molecule has 0 saturated carbocycles. The normalized spacial score (nSPS) is 17.0. The highest BCUT2D eigenvalue weighted by molar-refractivity contribution is 6.35. The van der Waals surface area contributed by atoms with E-state index < -0.39 is 53.7 Å². The Morgan fingerprint density at radius 1 is 0.414 bits per heavy atom. The zero-order valence-corrected chi connectivity index (χ0v) is 79.6. The topological polar surface area (TPSA) is 167 Å². The van der Waals surface area contributed by atoms with Crippen LogP contribution in [0.1, 0.15) is 108 Å². The van der Waals surface area contributed by atoms with Crippen molar-refractivity contribution in [3.63, 3.8) is 0 Å². The van der Waals surface area contributed by atoms with Crippen LogP contribution in [0.2, 0.25) is 10.0 Å². The molecule has 2 unspecified atom stereocenters. The first-order chi connectivity index (χ1) is 63.1. The van der Waals surface area contributed by atoms with E-state index >= 15 is 0 Å². The standard InChI is InChI=1S/C26H29ClF2N2O2.C26H29ClN2O3.C26H26F6N2O2.C26H33N3O3/c1-16(2)22-9-10-31(15-26(22,28)29)14-21-23(27)11-17(12-24(21)33-4)20-13-30(3)25(32)19-8-6-5-7-18(19)20;1-16(2)17-9-11-29(12-10-17)26(31)24-22(27)13-18(14-23(24)32-4)21-15-28(3)25(30)20-8-6-5-7-19(20)21;1-15(2)22-8-9-34(14-25(22,28)29)12-17-5-4-16(10-23(17)36-26(30,31)32)21-13-33(3)24(35)20-11-18(27)6-7-19(20)21;1-18(2)29-12-10-28(11-13-29)17-23-24(31-4)14-19(15-25(23)32-5)22-16-27(3)26(30)21-9-7-6-8-20(21)22/h5-8,11-13,16,22H,9-10,14-15H2,1-4H3;5-8,13-17H,9-12H2,1-4H3;4-7,10-11,13,15,22H,8-9,12,14H2,1-3H3;6-9,14-16,18H,10-13,17H2,1-5H3. The maximum absolute atomic E-state index is 14.7. The third-order valence-electron chi connectivity index (χ3n) is 26.6. The van der Waals surface area contributed by atoms with Crippen LogP contribution in [0.3, 0.4) is 0 Å². The van der Waals surface area contributed by atoms with Crippen LogP contribution in [-0.4, -0.2) is 167 Å². The van der Waals surface area contributed by atoms with E-state index in [1.165, 1.54) is 40.9 Å². The van der Waals surface area contributed by atoms with Crippen molar-refractivity contribution in [2.75, 3.05) is 93.9 Å². The predicted molar refractivity (Wildman–Crippen MR) is 513 cm³/mol. The molecule has 4 aliphatic heterocycles. The van der Waals surface area contributed by atoms with Gasteiger partial charge in [0.1, 0.15) is 40.1 Å². The minimum Gasteiger partial charge on any atom is -0.496 e. The summed E-state index contributed by atoms with van der Waals surface area (Å²) in [6.45, 7) is 22.8. The molecule has 0 N–H and O–H groups in total. The minimum absolute atomic E-state index is 0.000407. The van der Waals surface area contributed by atoms with Gasteiger partial charge in [0.05, 0.1) is 57.5 Å². The van der Waals surface area contributed by atoms with Crippen molar-refractivity contribution in [3.8, 4) is 73.3 Å². The van der Waals surface area contributed by atoms with Gasteiger partial charge in [0, 0.05) is 184 Å². The lowest BCUT2D eigenvalue weighted by Gasteiger charge is -2.40. The summed E-state index contributed by atoms with van der Waals surface area (Å²) in [4.78, 5) is 73.5. The van der Waals surface area contributed by atoms with Gasteiger partial charge in [0.2, 0.25) is 0 Å². The molecule has 29 heteroatoms. The number of methoxy groups -OCH3 is 4. The molecule has 4 fully saturated rings. The quantitative estimate of drug-likeness (QED) is 0.0661.